The van der Waals surface area contributed by atoms with Crippen molar-refractivity contribution in [2.24, 2.45) is 0 Å². The highest BCUT2D eigenvalue weighted by Crippen LogP contribution is 2.32. The maximum absolute atomic E-state index is 4.69. The molecule has 104 valence electrons. The molecule has 0 spiro atoms. The Kier molecular flexibility index (Phi) is 3.13. The van der Waals surface area contributed by atoms with Gasteiger partial charge in [0.15, 0.2) is 0 Å². The van der Waals surface area contributed by atoms with Crippen molar-refractivity contribution < 1.29 is 0 Å². The monoisotopic (exact) mass is 282 g/mol. The first-order valence-corrected chi connectivity index (χ1v) is 7.28. The molecule has 0 N–H and O–H groups in total. The van der Waals surface area contributed by atoms with Gasteiger partial charge in [-0.3, -0.25) is 9.97 Å². The number of rotatable bonds is 2. The van der Waals surface area contributed by atoms with E-state index < -0.39 is 0 Å². The van der Waals surface area contributed by atoms with Gasteiger partial charge in [-0.2, -0.15) is 0 Å². The van der Waals surface area contributed by atoms with E-state index in [1.54, 1.807) is 6.20 Å². The van der Waals surface area contributed by atoms with Crippen LogP contribution < -0.4 is 0 Å². The lowest BCUT2D eigenvalue weighted by Gasteiger charge is -2.10. The minimum absolute atomic E-state index is 0.901. The van der Waals surface area contributed by atoms with Crippen LogP contribution >= 0.6 is 0 Å². The predicted molar refractivity (Wildman–Crippen MR) is 90.4 cm³/mol. The van der Waals surface area contributed by atoms with E-state index in [4.69, 9.17) is 4.98 Å². The van der Waals surface area contributed by atoms with E-state index in [1.165, 1.54) is 10.9 Å². The minimum atomic E-state index is 0.901. The van der Waals surface area contributed by atoms with Crippen LogP contribution in [-0.4, -0.2) is 9.97 Å². The van der Waals surface area contributed by atoms with E-state index in [2.05, 4.69) is 47.4 Å². The smallest absolute Gasteiger partial charge is 0.0964 e. The topological polar surface area (TPSA) is 25.8 Å². The summed E-state index contributed by atoms with van der Waals surface area (Å²) in [4.78, 5) is 9.13. The zero-order valence-electron chi connectivity index (χ0n) is 12.0. The second kappa shape index (κ2) is 5.41. The summed E-state index contributed by atoms with van der Waals surface area (Å²) in [6.45, 7) is 0. The zero-order chi connectivity index (χ0) is 14.8. The molecule has 0 aliphatic heterocycles. The highest BCUT2D eigenvalue weighted by Gasteiger charge is 2.10. The Morgan fingerprint density at radius 1 is 0.591 bits per heavy atom. The van der Waals surface area contributed by atoms with E-state index in [1.807, 2.05) is 36.5 Å². The Balaban J connectivity index is 2.01. The van der Waals surface area contributed by atoms with Crippen LogP contribution in [0, 0.1) is 0 Å². The highest BCUT2D eigenvalue weighted by molar-refractivity contribution is 6.02. The molecular weight excluding hydrogens is 268 g/mol. The zero-order valence-corrected chi connectivity index (χ0v) is 12.0. The normalized spacial score (nSPS) is 10.7. The third-order valence-corrected chi connectivity index (χ3v) is 3.79. The molecule has 22 heavy (non-hydrogen) atoms. The molecule has 0 aliphatic carbocycles. The Labute approximate surface area is 129 Å². The molecule has 4 aromatic rings. The molecule has 2 heteroatoms. The van der Waals surface area contributed by atoms with Crippen molar-refractivity contribution in [2.75, 3.05) is 0 Å². The molecule has 0 saturated heterocycles. The van der Waals surface area contributed by atoms with Crippen molar-refractivity contribution in [3.05, 3.63) is 85.2 Å². The van der Waals surface area contributed by atoms with Crippen LogP contribution in [0.15, 0.2) is 85.2 Å². The Morgan fingerprint density at radius 2 is 1.32 bits per heavy atom. The fourth-order valence-electron chi connectivity index (χ4n) is 2.75. The maximum Gasteiger partial charge on any atom is 0.0964 e. The fraction of sp³-hybridized carbons (Fsp3) is 0. The summed E-state index contributed by atoms with van der Waals surface area (Å²) in [7, 11) is 0. The lowest BCUT2D eigenvalue weighted by atomic mass is 9.98. The van der Waals surface area contributed by atoms with Gasteiger partial charge in [0, 0.05) is 23.3 Å². The number of pyridine rings is 2. The van der Waals surface area contributed by atoms with Gasteiger partial charge in [0.1, 0.15) is 0 Å². The average molecular weight is 282 g/mol. The van der Waals surface area contributed by atoms with Gasteiger partial charge in [0.2, 0.25) is 0 Å². The third-order valence-electron chi connectivity index (χ3n) is 3.79. The van der Waals surface area contributed by atoms with E-state index in [0.29, 0.717) is 0 Å². The Bertz CT molecular complexity index is 838. The van der Waals surface area contributed by atoms with Gasteiger partial charge in [-0.15, -0.1) is 0 Å². The van der Waals surface area contributed by atoms with Crippen LogP contribution in [0.2, 0.25) is 0 Å². The van der Waals surface area contributed by atoms with Crippen molar-refractivity contribution in [3.63, 3.8) is 0 Å². The largest absolute Gasteiger partial charge is 0.255 e. The van der Waals surface area contributed by atoms with Crippen LogP contribution in [0.25, 0.3) is 33.3 Å². The van der Waals surface area contributed by atoms with Gasteiger partial charge in [-0.05, 0) is 23.1 Å². The summed E-state index contributed by atoms with van der Waals surface area (Å²) in [6, 6.07) is 24.6. The van der Waals surface area contributed by atoms with Gasteiger partial charge < -0.3 is 0 Å². The lowest BCUT2D eigenvalue weighted by molar-refractivity contribution is 1.27. The van der Waals surface area contributed by atoms with Crippen molar-refractivity contribution >= 4 is 10.8 Å². The molecule has 2 nitrogen and oxygen atoms in total. The quantitative estimate of drug-likeness (QED) is 0.519. The van der Waals surface area contributed by atoms with Crippen LogP contribution in [0.1, 0.15) is 0 Å². The van der Waals surface area contributed by atoms with E-state index in [0.717, 1.165) is 22.3 Å². The standard InChI is InChI=1S/C20H14N2/c1-2-8-15(9-3-1)18-14-22-20(19-12-6-7-13-21-19)17-11-5-4-10-16(17)18/h1-14H. The summed E-state index contributed by atoms with van der Waals surface area (Å²) < 4.78 is 0. The molecule has 0 amide bonds. The molecule has 0 aliphatic rings. The number of benzene rings is 2. The van der Waals surface area contributed by atoms with E-state index in [-0.39, 0.29) is 0 Å². The minimum Gasteiger partial charge on any atom is -0.255 e. The van der Waals surface area contributed by atoms with E-state index in [9.17, 15) is 0 Å². The molecule has 0 saturated carbocycles. The number of aromatic nitrogens is 2. The lowest BCUT2D eigenvalue weighted by Crippen LogP contribution is -1.91. The fourth-order valence-corrected chi connectivity index (χ4v) is 2.75. The molecule has 0 unspecified atom stereocenters. The summed E-state index contributed by atoms with van der Waals surface area (Å²) in [6.07, 6.45) is 3.75. The Morgan fingerprint density at radius 3 is 2.09 bits per heavy atom. The first kappa shape index (κ1) is 12.7. The molecule has 0 bridgehead atoms. The highest BCUT2D eigenvalue weighted by atomic mass is 14.8. The molecule has 4 rings (SSSR count). The number of hydrogen-bond donors (Lipinski definition) is 0. The number of hydrogen-bond acceptors (Lipinski definition) is 2. The van der Waals surface area contributed by atoms with E-state index >= 15 is 0 Å². The van der Waals surface area contributed by atoms with Crippen molar-refractivity contribution in [2.45, 2.75) is 0 Å². The predicted octanol–water partition coefficient (Wildman–Crippen LogP) is 4.96. The maximum atomic E-state index is 4.69. The van der Waals surface area contributed by atoms with Crippen LogP contribution in [0.5, 0.6) is 0 Å². The van der Waals surface area contributed by atoms with Gasteiger partial charge in [-0.1, -0.05) is 60.7 Å². The van der Waals surface area contributed by atoms with Gasteiger partial charge in [0.05, 0.1) is 11.4 Å². The average Bonchev–Trinajstić information content (AvgIpc) is 2.62. The summed E-state index contributed by atoms with van der Waals surface area (Å²) in [5.41, 5.74) is 4.16. The van der Waals surface area contributed by atoms with Gasteiger partial charge in [0.25, 0.3) is 0 Å². The first-order valence-electron chi connectivity index (χ1n) is 7.28. The molecule has 2 aromatic carbocycles. The molecule has 0 fully saturated rings. The summed E-state index contributed by atoms with van der Waals surface area (Å²) in [5.74, 6) is 0. The van der Waals surface area contributed by atoms with Crippen molar-refractivity contribution in [3.8, 4) is 22.5 Å². The molecule has 2 heterocycles. The van der Waals surface area contributed by atoms with Crippen LogP contribution in [-0.2, 0) is 0 Å². The SMILES string of the molecule is c1ccc(-c2cnc(-c3ccccn3)c3ccccc23)cc1. The van der Waals surface area contributed by atoms with Gasteiger partial charge >= 0.3 is 0 Å². The first-order chi connectivity index (χ1) is 10.9. The van der Waals surface area contributed by atoms with Crippen molar-refractivity contribution in [1.29, 1.82) is 0 Å². The number of nitrogens with zero attached hydrogens (tertiary/aromatic N) is 2. The third kappa shape index (κ3) is 2.15. The summed E-state index contributed by atoms with van der Waals surface area (Å²) in [5, 5.41) is 2.33. The van der Waals surface area contributed by atoms with Crippen molar-refractivity contribution in [1.82, 2.24) is 9.97 Å². The molecule has 0 radical (unpaired) electrons. The Hall–Kier alpha value is -3.00. The second-order valence-electron chi connectivity index (χ2n) is 5.15. The molecular formula is C20H14N2. The van der Waals surface area contributed by atoms with Crippen LogP contribution in [0.4, 0.5) is 0 Å². The van der Waals surface area contributed by atoms with Gasteiger partial charge in [-0.25, -0.2) is 0 Å². The second-order valence-corrected chi connectivity index (χ2v) is 5.15. The number of fused-ring (bicyclic) bond motifs is 1. The van der Waals surface area contributed by atoms with Crippen LogP contribution in [0.3, 0.4) is 0 Å². The molecule has 0 atom stereocenters. The summed E-state index contributed by atoms with van der Waals surface area (Å²) >= 11 is 0. The molecule has 2 aromatic heterocycles.